The maximum absolute atomic E-state index is 16.3. The van der Waals surface area contributed by atoms with Crippen LogP contribution in [-0.4, -0.2) is 34.4 Å². The van der Waals surface area contributed by atoms with E-state index in [1.807, 2.05) is 91.0 Å². The number of hydrogen-bond acceptors (Lipinski definition) is 5. The predicted octanol–water partition coefficient (Wildman–Crippen LogP) is 15.2. The Morgan fingerprint density at radius 3 is 2.19 bits per heavy atom. The molecule has 7 nitrogen and oxygen atoms in total. The number of aromatic amines is 1. The van der Waals surface area contributed by atoms with Crippen molar-refractivity contribution in [2.75, 3.05) is 7.05 Å². The van der Waals surface area contributed by atoms with Crippen molar-refractivity contribution >= 4 is 95.2 Å². The highest BCUT2D eigenvalue weighted by Gasteiger charge is 2.49. The third-order valence-electron chi connectivity index (χ3n) is 15.9. The Bertz CT molecular complexity index is 4150. The molecule has 13 heteroatoms. The average Bonchev–Trinajstić information content (AvgIpc) is 3.88. The van der Waals surface area contributed by atoms with E-state index in [1.165, 1.54) is 22.3 Å². The number of rotatable bonds is 9. The van der Waals surface area contributed by atoms with E-state index < -0.39 is 23.8 Å². The van der Waals surface area contributed by atoms with Crippen molar-refractivity contribution in [1.29, 1.82) is 0 Å². The topological polar surface area (TPSA) is 81.2 Å². The molecule has 0 bridgehead atoms. The zero-order chi connectivity index (χ0) is 51.3. The lowest BCUT2D eigenvalue weighted by Gasteiger charge is -2.47. The highest BCUT2D eigenvalue weighted by molar-refractivity contribution is 7.25. The number of ether oxygens (including phenoxy) is 1. The standard InChI is InChI=1S/C62H47BCl2F2N3O4S/c1-70(63(66)67)51(32-39-17-10-15-37-13-3-5-19-43(37)60(39)70)58(50-31-38-16-9-14-36-12-2-4-18-42(36)59(38)68-50)57-48(64)33-41(34-49(57)65)74-54(71)22-8-11-35-23-25-40(26-24-35)69-61(72)46-28-27-45-44-20-6-7-21-52(44)75-53-30-29-47(62(69)73)55(46)56(45)53/h2-7,12-13,18-21,23-34,60,68H,8-11,14-17,22H2,1H3/b58-51+. The molecule has 0 fully saturated rings. The van der Waals surface area contributed by atoms with E-state index in [2.05, 4.69) is 35.3 Å². The number of hydrogen-bond donors (Lipinski definition) is 1. The molecular formula is C62H47BCl2F2N3O4S. The number of fused-ring (bicyclic) bond motifs is 8. The first-order valence-electron chi connectivity index (χ1n) is 25.5. The molecule has 10 aromatic rings. The number of quaternary nitrogens is 1. The van der Waals surface area contributed by atoms with Gasteiger partial charge in [-0.25, -0.2) is 4.57 Å². The lowest BCUT2D eigenvalue weighted by Crippen LogP contribution is -2.51. The second-order valence-electron chi connectivity index (χ2n) is 20.3. The summed E-state index contributed by atoms with van der Waals surface area (Å²) >= 11 is 16.2. The van der Waals surface area contributed by atoms with E-state index >= 15 is 8.63 Å². The van der Waals surface area contributed by atoms with E-state index in [1.54, 1.807) is 30.5 Å². The molecule has 7 aromatic carbocycles. The number of nitrogens with zero attached hydrogens (tertiary/aromatic N) is 2. The molecule has 1 aliphatic heterocycles. The molecule has 3 aliphatic rings. The predicted molar refractivity (Wildman–Crippen MR) is 301 cm³/mol. The minimum absolute atomic E-state index is 0.0703. The SMILES string of the molecule is C[N+]1([B-](F)F)/C(=C(\c2cc3c([nH]2)-c2ccccc2CCC3)c2c(Cl)cc(OC(=O)CCCc3ccc(-n4c(=O)c5ccc6sc7ccccc7c7ccc(c4=O)c5c67)cc3)cc2Cl)C=C2CCCc3ccccc3C21. The fourth-order valence-corrected chi connectivity index (χ4v) is 14.2. The number of halogens is 4. The lowest BCUT2D eigenvalue weighted by molar-refractivity contribution is -0.796. The smallest absolute Gasteiger partial charge is 0.441 e. The van der Waals surface area contributed by atoms with E-state index in [0.29, 0.717) is 63.6 Å². The number of carbonyl (C=O) groups is 1. The molecule has 4 heterocycles. The van der Waals surface area contributed by atoms with Crippen molar-refractivity contribution in [1.82, 2.24) is 9.55 Å². The molecular weight excluding hydrogens is 1000 g/mol. The Labute approximate surface area is 445 Å². The molecule has 371 valence electrons. The number of benzene rings is 7. The molecule has 3 aromatic heterocycles. The third kappa shape index (κ3) is 7.80. The van der Waals surface area contributed by atoms with Gasteiger partial charge in [-0.2, -0.15) is 0 Å². The van der Waals surface area contributed by atoms with Gasteiger partial charge in [-0.1, -0.05) is 108 Å². The van der Waals surface area contributed by atoms with Crippen molar-refractivity contribution in [2.24, 2.45) is 0 Å². The summed E-state index contributed by atoms with van der Waals surface area (Å²) in [6, 6.07) is 43.8. The fourth-order valence-electron chi connectivity index (χ4n) is 12.4. The summed E-state index contributed by atoms with van der Waals surface area (Å²) in [5, 5.41) is 5.02. The largest absolute Gasteiger partial charge is 0.529 e. The molecule has 0 saturated carbocycles. The van der Waals surface area contributed by atoms with Gasteiger partial charge in [0.25, 0.3) is 11.1 Å². The van der Waals surface area contributed by atoms with Crippen LogP contribution in [0, 0.1) is 0 Å². The Balaban J connectivity index is 0.780. The minimum Gasteiger partial charge on any atom is -0.441 e. The molecule has 1 radical (unpaired) electrons. The van der Waals surface area contributed by atoms with Gasteiger partial charge < -0.3 is 22.7 Å². The zero-order valence-corrected chi connectivity index (χ0v) is 43.2. The molecule has 2 unspecified atom stereocenters. The highest BCUT2D eigenvalue weighted by atomic mass is 35.5. The monoisotopic (exact) mass is 1050 g/mol. The fraction of sp³-hybridized carbons (Fsp3) is 0.177. The highest BCUT2D eigenvalue weighted by Crippen LogP contribution is 2.54. The van der Waals surface area contributed by atoms with Crippen LogP contribution in [0.2, 0.25) is 10.0 Å². The summed E-state index contributed by atoms with van der Waals surface area (Å²) in [5.74, 6) is -0.358. The van der Waals surface area contributed by atoms with Gasteiger partial charge in [0, 0.05) is 85.0 Å². The number of H-pyrrole nitrogens is 1. The molecule has 0 spiro atoms. The first-order valence-corrected chi connectivity index (χ1v) is 27.1. The maximum Gasteiger partial charge on any atom is 0.529 e. The van der Waals surface area contributed by atoms with Crippen LogP contribution in [-0.2, 0) is 30.5 Å². The number of aromatic nitrogens is 2. The van der Waals surface area contributed by atoms with Crippen LogP contribution in [0.4, 0.5) is 8.63 Å². The van der Waals surface area contributed by atoms with Gasteiger partial charge in [0.2, 0.25) is 0 Å². The Morgan fingerprint density at radius 1 is 0.733 bits per heavy atom. The molecule has 1 N–H and O–H groups in total. The van der Waals surface area contributed by atoms with E-state index in [4.69, 9.17) is 27.9 Å². The number of aryl methyl sites for hydroxylation is 4. The summed E-state index contributed by atoms with van der Waals surface area (Å²) in [6.45, 7) is 0. The minimum atomic E-state index is -2.80. The summed E-state index contributed by atoms with van der Waals surface area (Å²) < 4.78 is 41.1. The summed E-state index contributed by atoms with van der Waals surface area (Å²) in [4.78, 5) is 45.4. The van der Waals surface area contributed by atoms with Gasteiger partial charge in [0.15, 0.2) is 0 Å². The van der Waals surface area contributed by atoms with E-state index in [0.717, 1.165) is 96.7 Å². The molecule has 75 heavy (non-hydrogen) atoms. The Hall–Kier alpha value is -7.15. The van der Waals surface area contributed by atoms with Crippen LogP contribution in [0.3, 0.4) is 0 Å². The number of esters is 1. The van der Waals surface area contributed by atoms with Crippen molar-refractivity contribution in [3.63, 3.8) is 0 Å². The number of pyridine rings is 1. The number of nitrogens with one attached hydrogen (secondary N) is 1. The van der Waals surface area contributed by atoms with Crippen LogP contribution in [0.1, 0.15) is 77.2 Å². The molecule has 0 amide bonds. The van der Waals surface area contributed by atoms with Gasteiger partial charge in [-0.05, 0) is 132 Å². The van der Waals surface area contributed by atoms with Gasteiger partial charge in [0.1, 0.15) is 17.5 Å². The summed E-state index contributed by atoms with van der Waals surface area (Å²) in [5.41, 5.74) is 9.75. The van der Waals surface area contributed by atoms with E-state index in [9.17, 15) is 14.4 Å². The number of likely N-dealkylation sites (N-methyl/N-ethyl adjacent to an activating group) is 1. The van der Waals surface area contributed by atoms with Crippen LogP contribution in [0.25, 0.3) is 64.2 Å². The van der Waals surface area contributed by atoms with Crippen LogP contribution in [0.5, 0.6) is 5.75 Å². The Kier molecular flexibility index (Phi) is 11.8. The molecule has 2 atom stereocenters. The van der Waals surface area contributed by atoms with Gasteiger partial charge in [-0.3, -0.25) is 14.4 Å². The van der Waals surface area contributed by atoms with Gasteiger partial charge >= 0.3 is 13.4 Å². The first kappa shape index (κ1) is 47.6. The Morgan fingerprint density at radius 2 is 1.40 bits per heavy atom. The molecule has 2 aliphatic carbocycles. The second kappa shape index (κ2) is 18.6. The summed E-state index contributed by atoms with van der Waals surface area (Å²) in [6.07, 6.45) is 7.96. The summed E-state index contributed by atoms with van der Waals surface area (Å²) in [7, 11) is -1.19. The van der Waals surface area contributed by atoms with Crippen molar-refractivity contribution in [2.45, 2.75) is 63.8 Å². The molecule has 13 rings (SSSR count). The zero-order valence-electron chi connectivity index (χ0n) is 40.8. The van der Waals surface area contributed by atoms with Crippen molar-refractivity contribution in [3.8, 4) is 22.7 Å². The number of carbonyl (C=O) groups excluding carboxylic acids is 1. The van der Waals surface area contributed by atoms with Crippen molar-refractivity contribution in [3.05, 3.63) is 227 Å². The van der Waals surface area contributed by atoms with Crippen LogP contribution >= 0.6 is 34.5 Å². The lowest BCUT2D eigenvalue weighted by atomic mass is 9.89. The average molecular weight is 1050 g/mol. The third-order valence-corrected chi connectivity index (χ3v) is 17.7. The van der Waals surface area contributed by atoms with Crippen LogP contribution < -0.4 is 15.9 Å². The molecule has 0 saturated heterocycles. The van der Waals surface area contributed by atoms with Gasteiger partial charge in [0.05, 0.1) is 27.0 Å². The number of allylic oxidation sites excluding steroid dienone is 1. The van der Waals surface area contributed by atoms with Crippen LogP contribution in [0.15, 0.2) is 166 Å². The van der Waals surface area contributed by atoms with E-state index in [-0.39, 0.29) is 33.3 Å². The quantitative estimate of drug-likeness (QED) is 0.0513. The van der Waals surface area contributed by atoms with Crippen molar-refractivity contribution < 1.29 is 22.6 Å². The first-order chi connectivity index (χ1) is 36.5. The van der Waals surface area contributed by atoms with Gasteiger partial charge in [-0.15, -0.1) is 11.3 Å². The second-order valence-corrected chi connectivity index (χ2v) is 22.2. The normalized spacial score (nSPS) is 17.9. The maximum atomic E-state index is 16.3.